The summed E-state index contributed by atoms with van der Waals surface area (Å²) in [6.45, 7) is 2.72. The maximum absolute atomic E-state index is 12.5. The van der Waals surface area contributed by atoms with Crippen LogP contribution in [0.2, 0.25) is 0 Å². The molecule has 1 N–H and O–H groups in total. The van der Waals surface area contributed by atoms with Crippen molar-refractivity contribution in [1.82, 2.24) is 4.90 Å². The first-order chi connectivity index (χ1) is 11.6. The zero-order valence-electron chi connectivity index (χ0n) is 13.7. The molecule has 0 saturated carbocycles. The topological polar surface area (TPSA) is 58.6 Å². The van der Waals surface area contributed by atoms with Crippen molar-refractivity contribution in [3.63, 3.8) is 0 Å². The second kappa shape index (κ2) is 8.12. The third-order valence-electron chi connectivity index (χ3n) is 4.86. The number of carbonyl (C=O) groups excluding carboxylic acids is 2. The van der Waals surface area contributed by atoms with Gasteiger partial charge in [0.25, 0.3) is 0 Å². The average molecular weight is 395 g/mol. The number of benzene rings is 1. The summed E-state index contributed by atoms with van der Waals surface area (Å²) in [7, 11) is 0. The van der Waals surface area contributed by atoms with Crippen LogP contribution in [0.4, 0.5) is 5.69 Å². The molecular formula is C18H23BrN2O3. The molecule has 0 atom stereocenters. The van der Waals surface area contributed by atoms with Gasteiger partial charge in [0, 0.05) is 48.3 Å². The first-order valence-electron chi connectivity index (χ1n) is 8.56. The number of ether oxygens (including phenoxy) is 1. The molecule has 6 heteroatoms. The first kappa shape index (κ1) is 17.4. The van der Waals surface area contributed by atoms with Crippen LogP contribution >= 0.6 is 15.9 Å². The highest BCUT2D eigenvalue weighted by atomic mass is 79.9. The molecule has 1 aromatic carbocycles. The number of rotatable bonds is 3. The molecule has 2 aliphatic heterocycles. The van der Waals surface area contributed by atoms with Gasteiger partial charge in [0.05, 0.1) is 0 Å². The van der Waals surface area contributed by atoms with Crippen LogP contribution in [-0.4, -0.2) is 43.0 Å². The van der Waals surface area contributed by atoms with Crippen molar-refractivity contribution in [3.8, 4) is 0 Å². The van der Waals surface area contributed by atoms with Crippen molar-refractivity contribution in [2.75, 3.05) is 31.6 Å². The highest BCUT2D eigenvalue weighted by Crippen LogP contribution is 2.24. The summed E-state index contributed by atoms with van der Waals surface area (Å²) in [5.74, 6) is 0.375. The van der Waals surface area contributed by atoms with Gasteiger partial charge in [-0.3, -0.25) is 9.59 Å². The second-order valence-corrected chi connectivity index (χ2v) is 7.40. The van der Waals surface area contributed by atoms with Crippen molar-refractivity contribution in [2.24, 2.45) is 11.8 Å². The molecular weight excluding hydrogens is 372 g/mol. The highest BCUT2D eigenvalue weighted by Gasteiger charge is 2.31. The summed E-state index contributed by atoms with van der Waals surface area (Å²) in [6, 6.07) is 7.58. The fourth-order valence-electron chi connectivity index (χ4n) is 3.34. The number of anilines is 1. The van der Waals surface area contributed by atoms with E-state index in [1.54, 1.807) is 0 Å². The number of carbonyl (C=O) groups is 2. The Kier molecular flexibility index (Phi) is 5.89. The summed E-state index contributed by atoms with van der Waals surface area (Å²) >= 11 is 3.38. The van der Waals surface area contributed by atoms with Crippen molar-refractivity contribution in [3.05, 3.63) is 28.7 Å². The first-order valence-corrected chi connectivity index (χ1v) is 9.36. The summed E-state index contributed by atoms with van der Waals surface area (Å²) in [6.07, 6.45) is 3.11. The fourth-order valence-corrected chi connectivity index (χ4v) is 3.61. The third-order valence-corrected chi connectivity index (χ3v) is 5.39. The Hall–Kier alpha value is -1.40. The smallest absolute Gasteiger partial charge is 0.227 e. The zero-order chi connectivity index (χ0) is 16.9. The van der Waals surface area contributed by atoms with E-state index in [1.807, 2.05) is 29.2 Å². The van der Waals surface area contributed by atoms with Crippen molar-refractivity contribution < 1.29 is 14.3 Å². The monoisotopic (exact) mass is 394 g/mol. The van der Waals surface area contributed by atoms with Crippen LogP contribution in [0.3, 0.4) is 0 Å². The van der Waals surface area contributed by atoms with Gasteiger partial charge >= 0.3 is 0 Å². The van der Waals surface area contributed by atoms with E-state index in [-0.39, 0.29) is 23.7 Å². The number of amides is 2. The molecule has 0 spiro atoms. The fraction of sp³-hybridized carbons (Fsp3) is 0.556. The largest absolute Gasteiger partial charge is 0.381 e. The van der Waals surface area contributed by atoms with Gasteiger partial charge in [-0.1, -0.05) is 15.9 Å². The van der Waals surface area contributed by atoms with Crippen molar-refractivity contribution in [1.29, 1.82) is 0 Å². The van der Waals surface area contributed by atoms with E-state index in [9.17, 15) is 9.59 Å². The van der Waals surface area contributed by atoms with E-state index in [0.29, 0.717) is 26.3 Å². The number of hydrogen-bond acceptors (Lipinski definition) is 3. The number of hydrogen-bond donors (Lipinski definition) is 1. The van der Waals surface area contributed by atoms with Gasteiger partial charge in [-0.25, -0.2) is 0 Å². The van der Waals surface area contributed by atoms with Gasteiger partial charge < -0.3 is 15.0 Å². The number of likely N-dealkylation sites (tertiary alicyclic amines) is 1. The average Bonchev–Trinajstić information content (AvgIpc) is 2.64. The van der Waals surface area contributed by atoms with Crippen molar-refractivity contribution >= 4 is 33.4 Å². The third kappa shape index (κ3) is 4.36. The lowest BCUT2D eigenvalue weighted by molar-refractivity contribution is -0.141. The van der Waals surface area contributed by atoms with Crippen LogP contribution in [0, 0.1) is 11.8 Å². The molecule has 2 aliphatic rings. The maximum atomic E-state index is 12.5. The number of halogens is 1. The Morgan fingerprint density at radius 2 is 1.62 bits per heavy atom. The minimum atomic E-state index is -0.0209. The highest BCUT2D eigenvalue weighted by molar-refractivity contribution is 9.10. The summed E-state index contributed by atoms with van der Waals surface area (Å²) < 4.78 is 6.31. The predicted molar refractivity (Wildman–Crippen MR) is 95.6 cm³/mol. The SMILES string of the molecule is O=C(Nc1ccc(Br)cc1)C1CCN(C(=O)C2CCOCC2)CC1. The minimum absolute atomic E-state index is 0.0209. The lowest BCUT2D eigenvalue weighted by Crippen LogP contribution is -2.45. The Morgan fingerprint density at radius 1 is 1.00 bits per heavy atom. The number of nitrogens with zero attached hydrogens (tertiary/aromatic N) is 1. The van der Waals surface area contributed by atoms with Crippen LogP contribution in [0.15, 0.2) is 28.7 Å². The van der Waals surface area contributed by atoms with Gasteiger partial charge in [-0.15, -0.1) is 0 Å². The molecule has 5 nitrogen and oxygen atoms in total. The normalized spacial score (nSPS) is 20.0. The van der Waals surface area contributed by atoms with E-state index >= 15 is 0 Å². The van der Waals surface area contributed by atoms with Gasteiger partial charge in [0.2, 0.25) is 11.8 Å². The molecule has 24 heavy (non-hydrogen) atoms. The Labute approximate surface area is 150 Å². The van der Waals surface area contributed by atoms with E-state index in [4.69, 9.17) is 4.74 Å². The van der Waals surface area contributed by atoms with E-state index in [1.165, 1.54) is 0 Å². The van der Waals surface area contributed by atoms with Gasteiger partial charge in [0.1, 0.15) is 0 Å². The second-order valence-electron chi connectivity index (χ2n) is 6.48. The molecule has 0 bridgehead atoms. The van der Waals surface area contributed by atoms with Crippen LogP contribution in [0.1, 0.15) is 25.7 Å². The lowest BCUT2D eigenvalue weighted by atomic mass is 9.93. The lowest BCUT2D eigenvalue weighted by Gasteiger charge is -2.34. The molecule has 1 aromatic rings. The van der Waals surface area contributed by atoms with E-state index in [2.05, 4.69) is 21.2 Å². The Balaban J connectivity index is 1.48. The van der Waals surface area contributed by atoms with E-state index in [0.717, 1.165) is 35.8 Å². The molecule has 2 amide bonds. The number of nitrogens with one attached hydrogen (secondary N) is 1. The molecule has 0 aliphatic carbocycles. The summed E-state index contributed by atoms with van der Waals surface area (Å²) in [5, 5.41) is 2.97. The summed E-state index contributed by atoms with van der Waals surface area (Å²) in [4.78, 5) is 26.8. The van der Waals surface area contributed by atoms with Gasteiger partial charge in [0.15, 0.2) is 0 Å². The molecule has 2 heterocycles. The molecule has 3 rings (SSSR count). The maximum Gasteiger partial charge on any atom is 0.227 e. The molecule has 2 saturated heterocycles. The van der Waals surface area contributed by atoms with Crippen LogP contribution < -0.4 is 5.32 Å². The van der Waals surface area contributed by atoms with Crippen LogP contribution in [0.5, 0.6) is 0 Å². The standard InChI is InChI=1S/C18H23BrN2O3/c19-15-1-3-16(4-2-15)20-17(22)13-5-9-21(10-6-13)18(23)14-7-11-24-12-8-14/h1-4,13-14H,5-12H2,(H,20,22). The van der Waals surface area contributed by atoms with Gasteiger partial charge in [-0.2, -0.15) is 0 Å². The molecule has 0 aromatic heterocycles. The van der Waals surface area contributed by atoms with Crippen LogP contribution in [-0.2, 0) is 14.3 Å². The zero-order valence-corrected chi connectivity index (χ0v) is 15.3. The number of piperidine rings is 1. The Bertz CT molecular complexity index is 576. The Morgan fingerprint density at radius 3 is 2.25 bits per heavy atom. The summed E-state index contributed by atoms with van der Waals surface area (Å²) in [5.41, 5.74) is 0.809. The van der Waals surface area contributed by atoms with Crippen molar-refractivity contribution in [2.45, 2.75) is 25.7 Å². The minimum Gasteiger partial charge on any atom is -0.381 e. The molecule has 2 fully saturated rings. The quantitative estimate of drug-likeness (QED) is 0.856. The molecule has 0 radical (unpaired) electrons. The predicted octanol–water partition coefficient (Wildman–Crippen LogP) is 3.05. The van der Waals surface area contributed by atoms with E-state index < -0.39 is 0 Å². The van der Waals surface area contributed by atoms with Gasteiger partial charge in [-0.05, 0) is 49.9 Å². The molecule has 130 valence electrons. The van der Waals surface area contributed by atoms with Crippen LogP contribution in [0.25, 0.3) is 0 Å². The molecule has 0 unspecified atom stereocenters.